The molecular formula is C14H23ClN2O2. The molecule has 1 amide bonds. The van der Waals surface area contributed by atoms with Gasteiger partial charge in [-0.1, -0.05) is 17.7 Å². The number of hydrogen-bond acceptors (Lipinski definition) is 3. The summed E-state index contributed by atoms with van der Waals surface area (Å²) in [5.41, 5.74) is 6.74. The van der Waals surface area contributed by atoms with E-state index in [1.165, 1.54) is 5.56 Å². The molecule has 0 aliphatic rings. The molecule has 19 heavy (non-hydrogen) atoms. The standard InChI is InChI=1S/C14H22N2O2.ClH/c1-10-4-6-13(7-5-10)18-12(3)9-16-14(17)8-11(2)15;/h4-7,11-12H,8-9,15H2,1-3H3,(H,16,17);1H. The van der Waals surface area contributed by atoms with Gasteiger partial charge in [-0.25, -0.2) is 0 Å². The third kappa shape index (κ3) is 7.70. The summed E-state index contributed by atoms with van der Waals surface area (Å²) in [5, 5.41) is 2.80. The number of aryl methyl sites for hydroxylation is 1. The molecule has 0 spiro atoms. The SMILES string of the molecule is Cc1ccc(OC(C)CNC(=O)CC(C)N)cc1.Cl. The number of hydrogen-bond donors (Lipinski definition) is 2. The van der Waals surface area contributed by atoms with Gasteiger partial charge in [0, 0.05) is 12.5 Å². The molecule has 0 aliphatic carbocycles. The molecule has 2 atom stereocenters. The number of amides is 1. The first-order chi connectivity index (χ1) is 8.47. The fraction of sp³-hybridized carbons (Fsp3) is 0.500. The van der Waals surface area contributed by atoms with Crippen LogP contribution in [0.1, 0.15) is 25.8 Å². The van der Waals surface area contributed by atoms with E-state index >= 15 is 0 Å². The summed E-state index contributed by atoms with van der Waals surface area (Å²) in [5.74, 6) is 0.777. The van der Waals surface area contributed by atoms with E-state index in [1.54, 1.807) is 0 Å². The van der Waals surface area contributed by atoms with Crippen LogP contribution >= 0.6 is 12.4 Å². The first-order valence-corrected chi connectivity index (χ1v) is 6.23. The maximum Gasteiger partial charge on any atom is 0.221 e. The highest BCUT2D eigenvalue weighted by Gasteiger charge is 2.08. The Labute approximate surface area is 121 Å². The van der Waals surface area contributed by atoms with Crippen LogP contribution in [0.5, 0.6) is 5.75 Å². The number of ether oxygens (including phenoxy) is 1. The highest BCUT2D eigenvalue weighted by atomic mass is 35.5. The van der Waals surface area contributed by atoms with Gasteiger partial charge in [0.15, 0.2) is 0 Å². The molecule has 0 aliphatic heterocycles. The first-order valence-electron chi connectivity index (χ1n) is 6.23. The van der Waals surface area contributed by atoms with Crippen molar-refractivity contribution >= 4 is 18.3 Å². The molecule has 5 heteroatoms. The molecule has 2 unspecified atom stereocenters. The van der Waals surface area contributed by atoms with Crippen molar-refractivity contribution in [3.05, 3.63) is 29.8 Å². The van der Waals surface area contributed by atoms with Crippen molar-refractivity contribution in [1.82, 2.24) is 5.32 Å². The summed E-state index contributed by atoms with van der Waals surface area (Å²) < 4.78 is 5.68. The zero-order valence-corrected chi connectivity index (χ0v) is 12.5. The smallest absolute Gasteiger partial charge is 0.221 e. The van der Waals surface area contributed by atoms with Gasteiger partial charge >= 0.3 is 0 Å². The van der Waals surface area contributed by atoms with Gasteiger partial charge in [-0.3, -0.25) is 4.79 Å². The summed E-state index contributed by atoms with van der Waals surface area (Å²) in [6.07, 6.45) is 0.279. The molecule has 0 saturated carbocycles. The normalized spacial score (nSPS) is 13.1. The molecule has 4 nitrogen and oxygen atoms in total. The molecule has 0 aromatic heterocycles. The molecule has 0 heterocycles. The van der Waals surface area contributed by atoms with Gasteiger partial charge in [-0.05, 0) is 32.9 Å². The topological polar surface area (TPSA) is 64.3 Å². The average Bonchev–Trinajstić information content (AvgIpc) is 2.29. The monoisotopic (exact) mass is 286 g/mol. The minimum Gasteiger partial charge on any atom is -0.489 e. The Hall–Kier alpha value is -1.26. The minimum atomic E-state index is -0.113. The quantitative estimate of drug-likeness (QED) is 0.841. The second-order valence-corrected chi connectivity index (χ2v) is 4.73. The molecule has 1 aromatic carbocycles. The minimum absolute atomic E-state index is 0. The van der Waals surface area contributed by atoms with Crippen LogP contribution in [0.2, 0.25) is 0 Å². The lowest BCUT2D eigenvalue weighted by molar-refractivity contribution is -0.121. The van der Waals surface area contributed by atoms with Crippen molar-refractivity contribution in [3.8, 4) is 5.75 Å². The van der Waals surface area contributed by atoms with Gasteiger partial charge < -0.3 is 15.8 Å². The number of carbonyl (C=O) groups is 1. The number of benzene rings is 1. The van der Waals surface area contributed by atoms with Crippen LogP contribution in [-0.4, -0.2) is 24.6 Å². The summed E-state index contributed by atoms with van der Waals surface area (Å²) in [6, 6.07) is 7.73. The lowest BCUT2D eigenvalue weighted by Gasteiger charge is -2.16. The molecule has 1 rings (SSSR count). The molecule has 0 bridgehead atoms. The molecule has 3 N–H and O–H groups in total. The molecular weight excluding hydrogens is 264 g/mol. The Bertz CT molecular complexity index is 380. The molecule has 108 valence electrons. The van der Waals surface area contributed by atoms with Crippen LogP contribution in [-0.2, 0) is 4.79 Å². The van der Waals surface area contributed by atoms with Crippen LogP contribution in [0.3, 0.4) is 0 Å². The maximum atomic E-state index is 11.4. The van der Waals surface area contributed by atoms with Crippen molar-refractivity contribution in [1.29, 1.82) is 0 Å². The molecule has 0 saturated heterocycles. The molecule has 0 fully saturated rings. The second kappa shape index (κ2) is 8.77. The number of carbonyl (C=O) groups excluding carboxylic acids is 1. The molecule has 1 aromatic rings. The highest BCUT2D eigenvalue weighted by molar-refractivity contribution is 5.85. The van der Waals surface area contributed by atoms with E-state index in [-0.39, 0.29) is 30.5 Å². The van der Waals surface area contributed by atoms with Crippen LogP contribution in [0, 0.1) is 6.92 Å². The van der Waals surface area contributed by atoms with E-state index in [1.807, 2.05) is 45.0 Å². The predicted octanol–water partition coefficient (Wildman–Crippen LogP) is 2.04. The fourth-order valence-electron chi connectivity index (χ4n) is 1.51. The summed E-state index contributed by atoms with van der Waals surface area (Å²) >= 11 is 0. The zero-order valence-electron chi connectivity index (χ0n) is 11.7. The Morgan fingerprint density at radius 2 is 1.89 bits per heavy atom. The van der Waals surface area contributed by atoms with Crippen molar-refractivity contribution in [2.75, 3.05) is 6.54 Å². The maximum absolute atomic E-state index is 11.4. The average molecular weight is 287 g/mol. The van der Waals surface area contributed by atoms with Gasteiger partial charge in [-0.15, -0.1) is 12.4 Å². The number of halogens is 1. The molecule has 0 radical (unpaired) electrons. The Morgan fingerprint density at radius 3 is 2.42 bits per heavy atom. The van der Waals surface area contributed by atoms with E-state index in [9.17, 15) is 4.79 Å². The summed E-state index contributed by atoms with van der Waals surface area (Å²) in [4.78, 5) is 11.4. The van der Waals surface area contributed by atoms with Gasteiger partial charge in [0.05, 0.1) is 6.54 Å². The third-order valence-electron chi connectivity index (χ3n) is 2.45. The first kappa shape index (κ1) is 17.7. The highest BCUT2D eigenvalue weighted by Crippen LogP contribution is 2.12. The Balaban J connectivity index is 0.00000324. The second-order valence-electron chi connectivity index (χ2n) is 4.73. The largest absolute Gasteiger partial charge is 0.489 e. The van der Waals surface area contributed by atoms with Crippen LogP contribution in [0.4, 0.5) is 0 Å². The van der Waals surface area contributed by atoms with E-state index in [0.29, 0.717) is 13.0 Å². The number of rotatable bonds is 6. The van der Waals surface area contributed by atoms with Crippen molar-refractivity contribution in [2.45, 2.75) is 39.3 Å². The lowest BCUT2D eigenvalue weighted by Crippen LogP contribution is -2.36. The Kier molecular flexibility index (Phi) is 8.19. The van der Waals surface area contributed by atoms with Crippen LogP contribution < -0.4 is 15.8 Å². The fourth-order valence-corrected chi connectivity index (χ4v) is 1.51. The lowest BCUT2D eigenvalue weighted by atomic mass is 10.2. The van der Waals surface area contributed by atoms with Crippen LogP contribution in [0.15, 0.2) is 24.3 Å². The zero-order chi connectivity index (χ0) is 13.5. The van der Waals surface area contributed by atoms with E-state index in [2.05, 4.69) is 5.32 Å². The van der Waals surface area contributed by atoms with Gasteiger partial charge in [-0.2, -0.15) is 0 Å². The van der Waals surface area contributed by atoms with Gasteiger partial charge in [0.25, 0.3) is 0 Å². The predicted molar refractivity (Wildman–Crippen MR) is 79.8 cm³/mol. The summed E-state index contributed by atoms with van der Waals surface area (Å²) in [6.45, 7) is 6.25. The van der Waals surface area contributed by atoms with Crippen molar-refractivity contribution in [3.63, 3.8) is 0 Å². The third-order valence-corrected chi connectivity index (χ3v) is 2.45. The van der Waals surface area contributed by atoms with E-state index in [0.717, 1.165) is 5.75 Å². The van der Waals surface area contributed by atoms with Gasteiger partial charge in [0.1, 0.15) is 11.9 Å². The van der Waals surface area contributed by atoms with Crippen molar-refractivity contribution < 1.29 is 9.53 Å². The number of nitrogens with one attached hydrogen (secondary N) is 1. The summed E-state index contributed by atoms with van der Waals surface area (Å²) in [7, 11) is 0. The van der Waals surface area contributed by atoms with Crippen LogP contribution in [0.25, 0.3) is 0 Å². The van der Waals surface area contributed by atoms with E-state index < -0.39 is 0 Å². The number of nitrogens with two attached hydrogens (primary N) is 1. The van der Waals surface area contributed by atoms with E-state index in [4.69, 9.17) is 10.5 Å². The van der Waals surface area contributed by atoms with Gasteiger partial charge in [0.2, 0.25) is 5.91 Å². The van der Waals surface area contributed by atoms with Crippen molar-refractivity contribution in [2.24, 2.45) is 5.73 Å². The Morgan fingerprint density at radius 1 is 1.32 bits per heavy atom.